The Morgan fingerprint density at radius 3 is 1.63 bits per heavy atom. The van der Waals surface area contributed by atoms with Gasteiger partial charge in [0.05, 0.1) is 0 Å². The Labute approximate surface area is 244 Å². The third-order valence-corrected chi connectivity index (χ3v) is 12.1. The van der Waals surface area contributed by atoms with Crippen molar-refractivity contribution in [2.75, 3.05) is 42.7 Å². The van der Waals surface area contributed by atoms with Crippen LogP contribution in [0.15, 0.2) is 77.3 Å². The molecule has 3 rings (SSSR count). The summed E-state index contributed by atoms with van der Waals surface area (Å²) in [6.07, 6.45) is 0. The fourth-order valence-corrected chi connectivity index (χ4v) is 9.91. The van der Waals surface area contributed by atoms with Crippen LogP contribution in [0, 0.1) is 0 Å². The van der Waals surface area contributed by atoms with Gasteiger partial charge in [0.25, 0.3) is 0 Å². The Balaban J connectivity index is 1.87. The van der Waals surface area contributed by atoms with E-state index in [9.17, 15) is 0 Å². The van der Waals surface area contributed by atoms with Gasteiger partial charge in [0.1, 0.15) is 0 Å². The fourth-order valence-electron chi connectivity index (χ4n) is 3.65. The third-order valence-electron chi connectivity index (χ3n) is 5.78. The van der Waals surface area contributed by atoms with Crippen molar-refractivity contribution in [2.45, 2.75) is 19.8 Å². The summed E-state index contributed by atoms with van der Waals surface area (Å²) in [5, 5.41) is 0. The van der Waals surface area contributed by atoms with Gasteiger partial charge in [-0.3, -0.25) is 0 Å². The van der Waals surface area contributed by atoms with Crippen LogP contribution in [-0.2, 0) is 47.0 Å². The van der Waals surface area contributed by atoms with Crippen LogP contribution in [0.5, 0.6) is 17.2 Å². The van der Waals surface area contributed by atoms with E-state index < -0.39 is 24.7 Å². The van der Waals surface area contributed by atoms with Gasteiger partial charge in [-0.05, 0) is 0 Å². The molecule has 3 aromatic rings. The molecule has 1 N–H and O–H groups in total. The number of hydrogen-bond acceptors (Lipinski definition) is 11. The molecule has 0 aromatic heterocycles. The van der Waals surface area contributed by atoms with Crippen molar-refractivity contribution in [3.63, 3.8) is 0 Å². The van der Waals surface area contributed by atoms with Crippen LogP contribution in [0.3, 0.4) is 0 Å². The first-order chi connectivity index (χ1) is 20.0. The van der Waals surface area contributed by atoms with Crippen LogP contribution in [0.4, 0.5) is 0 Å². The number of nitrogens with one attached hydrogen (secondary N) is 1. The van der Waals surface area contributed by atoms with E-state index in [1.807, 2.05) is 72.8 Å². The van der Waals surface area contributed by atoms with Gasteiger partial charge in [0.15, 0.2) is 0 Å². The molecule has 11 nitrogen and oxygen atoms in total. The molecule has 0 saturated carbocycles. The van der Waals surface area contributed by atoms with Crippen molar-refractivity contribution in [1.29, 1.82) is 0 Å². The topological polar surface area (TPSA) is 107 Å². The summed E-state index contributed by atoms with van der Waals surface area (Å²) in [4.78, 5) is 3.28. The Morgan fingerprint density at radius 2 is 1.17 bits per heavy atom. The molecule has 0 radical (unpaired) electrons. The standard InChI is InChI=1S/C27H39N2O9P3/c1-30-25-16-10-7-13-22(25)19-36-39(33-4)28-41(35-6,38-21-24-15-9-12-18-27(24)32-3)29-40(34-5)37-20-23-14-8-11-17-26(23)31-2/h7-18,28,40-41H,19-21H2,1-6H3. The zero-order valence-electron chi connectivity index (χ0n) is 24.1. The van der Waals surface area contributed by atoms with Gasteiger partial charge in [0, 0.05) is 0 Å². The van der Waals surface area contributed by atoms with E-state index in [1.165, 1.54) is 21.3 Å². The molecule has 3 aromatic carbocycles. The van der Waals surface area contributed by atoms with Gasteiger partial charge < -0.3 is 0 Å². The van der Waals surface area contributed by atoms with Gasteiger partial charge in [-0.15, -0.1) is 0 Å². The van der Waals surface area contributed by atoms with E-state index in [1.54, 1.807) is 21.3 Å². The second kappa shape index (κ2) is 17.7. The van der Waals surface area contributed by atoms with Crippen molar-refractivity contribution in [2.24, 2.45) is 4.52 Å². The number of benzene rings is 3. The van der Waals surface area contributed by atoms with E-state index in [0.717, 1.165) is 16.7 Å². The molecule has 0 aliphatic rings. The molecule has 226 valence electrons. The number of hydrogen-bond donors (Lipinski definition) is 1. The molecule has 0 fully saturated rings. The first-order valence-corrected chi connectivity index (χ1v) is 16.8. The molecule has 0 amide bonds. The maximum absolute atomic E-state index is 6.40. The van der Waals surface area contributed by atoms with E-state index in [4.69, 9.17) is 45.9 Å². The second-order valence-electron chi connectivity index (χ2n) is 8.21. The Hall–Kier alpha value is -2.13. The molecular formula is C27H39N2O9P3. The van der Waals surface area contributed by atoms with E-state index in [0.29, 0.717) is 17.2 Å². The van der Waals surface area contributed by atoms with Crippen LogP contribution in [0.2, 0.25) is 0 Å². The van der Waals surface area contributed by atoms with Gasteiger partial charge in [-0.1, -0.05) is 0 Å². The monoisotopic (exact) mass is 628 g/mol. The summed E-state index contributed by atoms with van der Waals surface area (Å²) in [5.41, 5.74) is 2.54. The molecular weight excluding hydrogens is 589 g/mol. The van der Waals surface area contributed by atoms with Gasteiger partial charge in [-0.2, -0.15) is 0 Å². The molecule has 0 aliphatic carbocycles. The minimum absolute atomic E-state index is 0.144. The molecule has 0 saturated heterocycles. The summed E-state index contributed by atoms with van der Waals surface area (Å²) in [7, 11) is 1.81. The molecule has 2 atom stereocenters. The molecule has 0 bridgehead atoms. The molecule has 0 aliphatic heterocycles. The molecule has 2 unspecified atom stereocenters. The summed E-state index contributed by atoms with van der Waals surface area (Å²) >= 11 is 0. The Bertz CT molecular complexity index is 1250. The minimum atomic E-state index is -3.65. The summed E-state index contributed by atoms with van der Waals surface area (Å²) in [6.45, 7) is 0.592. The number of nitrogens with zero attached hydrogens (tertiary/aromatic N) is 1. The Kier molecular flexibility index (Phi) is 14.4. The van der Waals surface area contributed by atoms with Crippen LogP contribution >= 0.6 is 24.7 Å². The predicted molar refractivity (Wildman–Crippen MR) is 163 cm³/mol. The van der Waals surface area contributed by atoms with Crippen LogP contribution < -0.4 is 19.1 Å². The SMILES string of the molecule is COc1ccccc1COP(N[PH](/N=[PH](/OC)OCc1ccccc1OC)(OC)OCc1ccccc1OC)OC. The zero-order valence-corrected chi connectivity index (χ0v) is 27.0. The van der Waals surface area contributed by atoms with E-state index >= 15 is 0 Å². The summed E-state index contributed by atoms with van der Waals surface area (Å²) < 4.78 is 57.1. The average Bonchev–Trinajstić information content (AvgIpc) is 3.03. The van der Waals surface area contributed by atoms with Gasteiger partial charge in [-0.25, -0.2) is 0 Å². The second-order valence-corrected chi connectivity index (χ2v) is 14.2. The summed E-state index contributed by atoms with van der Waals surface area (Å²) in [5.74, 6) is 2.09. The number of rotatable bonds is 18. The van der Waals surface area contributed by atoms with Crippen molar-refractivity contribution < 1.29 is 41.4 Å². The first-order valence-electron chi connectivity index (χ1n) is 12.6. The average molecular weight is 629 g/mol. The van der Waals surface area contributed by atoms with Crippen molar-refractivity contribution in [3.05, 3.63) is 89.5 Å². The van der Waals surface area contributed by atoms with Crippen molar-refractivity contribution in [3.8, 4) is 17.2 Å². The third kappa shape index (κ3) is 9.98. The van der Waals surface area contributed by atoms with Crippen LogP contribution in [0.1, 0.15) is 16.7 Å². The van der Waals surface area contributed by atoms with E-state index in [-0.39, 0.29) is 19.8 Å². The predicted octanol–water partition coefficient (Wildman–Crippen LogP) is 7.06. The van der Waals surface area contributed by atoms with E-state index in [2.05, 4.69) is 4.86 Å². The fraction of sp³-hybridized carbons (Fsp3) is 0.333. The van der Waals surface area contributed by atoms with Crippen LogP contribution in [-0.4, -0.2) is 42.7 Å². The number of ether oxygens (including phenoxy) is 3. The summed E-state index contributed by atoms with van der Waals surface area (Å²) in [6, 6.07) is 22.7. The molecule has 14 heteroatoms. The Morgan fingerprint density at radius 1 is 0.683 bits per heavy atom. The molecule has 0 heterocycles. The normalized spacial score (nSPS) is 13.5. The van der Waals surface area contributed by atoms with Gasteiger partial charge >= 0.3 is 245 Å². The van der Waals surface area contributed by atoms with Gasteiger partial charge in [0.2, 0.25) is 0 Å². The van der Waals surface area contributed by atoms with Crippen molar-refractivity contribution >= 4 is 24.7 Å². The molecule has 0 spiro atoms. The number of methoxy groups -OCH3 is 3. The first kappa shape index (κ1) is 33.4. The van der Waals surface area contributed by atoms with Crippen molar-refractivity contribution in [1.82, 2.24) is 4.86 Å². The maximum atomic E-state index is 6.40. The number of para-hydroxylation sites is 3. The molecule has 41 heavy (non-hydrogen) atoms. The zero-order chi connectivity index (χ0) is 29.5. The van der Waals surface area contributed by atoms with Crippen LogP contribution in [0.25, 0.3) is 0 Å². The quantitative estimate of drug-likeness (QED) is 0.147.